The van der Waals surface area contributed by atoms with E-state index in [2.05, 4.69) is 38.0 Å². The number of nitrogens with zero attached hydrogens (tertiary/aromatic N) is 4. The van der Waals surface area contributed by atoms with Crippen LogP contribution in [0.2, 0.25) is 0 Å². The van der Waals surface area contributed by atoms with E-state index in [1.807, 2.05) is 24.4 Å². The van der Waals surface area contributed by atoms with Crippen LogP contribution in [0, 0.1) is 0 Å². The van der Waals surface area contributed by atoms with Gasteiger partial charge in [-0.15, -0.1) is 0 Å². The fraction of sp³-hybridized carbons (Fsp3) is 0.522. The van der Waals surface area contributed by atoms with Gasteiger partial charge in [-0.05, 0) is 62.5 Å². The van der Waals surface area contributed by atoms with Crippen LogP contribution < -0.4 is 27.4 Å². The molecule has 0 bridgehead atoms. The predicted molar refractivity (Wildman–Crippen MR) is 127 cm³/mol. The molecule has 0 saturated carbocycles. The minimum atomic E-state index is -0.227. The molecule has 3 heterocycles. The van der Waals surface area contributed by atoms with Crippen molar-refractivity contribution in [2.75, 3.05) is 50.7 Å². The number of hydrogen-bond acceptors (Lipinski definition) is 7. The van der Waals surface area contributed by atoms with Crippen molar-refractivity contribution in [3.8, 4) is 5.69 Å². The fourth-order valence-corrected chi connectivity index (χ4v) is 4.18. The molecule has 9 nitrogen and oxygen atoms in total. The number of rotatable bonds is 5. The van der Waals surface area contributed by atoms with Gasteiger partial charge in [0.1, 0.15) is 5.82 Å². The summed E-state index contributed by atoms with van der Waals surface area (Å²) in [5.41, 5.74) is 12.2. The van der Waals surface area contributed by atoms with Crippen LogP contribution in [0.15, 0.2) is 41.3 Å². The summed E-state index contributed by atoms with van der Waals surface area (Å²) in [6, 6.07) is 10.6. The van der Waals surface area contributed by atoms with E-state index in [0.717, 1.165) is 76.6 Å². The van der Waals surface area contributed by atoms with Crippen LogP contribution in [0.4, 0.5) is 5.82 Å². The van der Waals surface area contributed by atoms with Gasteiger partial charge in [0.2, 0.25) is 6.41 Å². The minimum absolute atomic E-state index is 0.227. The molecule has 1 aromatic carbocycles. The molecular weight excluding hydrogens is 406 g/mol. The molecule has 1 aromatic heterocycles. The molecule has 1 atom stereocenters. The van der Waals surface area contributed by atoms with Gasteiger partial charge in [-0.25, -0.2) is 4.79 Å². The first-order chi connectivity index (χ1) is 15.6. The first-order valence-corrected chi connectivity index (χ1v) is 11.4. The Bertz CT molecular complexity index is 894. The number of likely N-dealkylation sites (tertiary alicyclic amines) is 1. The van der Waals surface area contributed by atoms with Crippen LogP contribution in [-0.4, -0.2) is 72.7 Å². The summed E-state index contributed by atoms with van der Waals surface area (Å²) >= 11 is 0. The normalized spacial score (nSPS) is 19.5. The molecule has 174 valence electrons. The Hall–Kier alpha value is -2.75. The maximum absolute atomic E-state index is 12.6. The Morgan fingerprint density at radius 1 is 1.06 bits per heavy atom. The molecule has 1 amide bonds. The third-order valence-electron chi connectivity index (χ3n) is 6.03. The van der Waals surface area contributed by atoms with E-state index in [-0.39, 0.29) is 12.1 Å². The van der Waals surface area contributed by atoms with Crippen molar-refractivity contribution in [1.29, 1.82) is 0 Å². The van der Waals surface area contributed by atoms with Gasteiger partial charge in [0.25, 0.3) is 0 Å². The van der Waals surface area contributed by atoms with Gasteiger partial charge >= 0.3 is 5.69 Å². The molecule has 0 aliphatic carbocycles. The van der Waals surface area contributed by atoms with E-state index in [4.69, 9.17) is 10.5 Å². The first kappa shape index (κ1) is 23.9. The number of carbonyl (C=O) groups excluding carboxylic acids is 1. The highest BCUT2D eigenvalue weighted by Gasteiger charge is 2.14. The Morgan fingerprint density at radius 3 is 2.47 bits per heavy atom. The number of carbonyl (C=O) groups is 1. The number of benzene rings is 1. The summed E-state index contributed by atoms with van der Waals surface area (Å²) in [5, 5.41) is 3.32. The zero-order chi connectivity index (χ0) is 22.8. The van der Waals surface area contributed by atoms with Crippen molar-refractivity contribution in [2.24, 2.45) is 11.5 Å². The number of hydrogen-bond donors (Lipinski definition) is 3. The van der Waals surface area contributed by atoms with Crippen molar-refractivity contribution in [3.63, 3.8) is 0 Å². The van der Waals surface area contributed by atoms with Crippen LogP contribution in [0.25, 0.3) is 5.69 Å². The van der Waals surface area contributed by atoms with Crippen molar-refractivity contribution >= 4 is 12.2 Å². The van der Waals surface area contributed by atoms with Gasteiger partial charge in [-0.3, -0.25) is 9.36 Å². The molecule has 32 heavy (non-hydrogen) atoms. The molecule has 2 aliphatic heterocycles. The van der Waals surface area contributed by atoms with E-state index in [1.165, 1.54) is 12.0 Å². The number of nitrogens with two attached hydrogens (primary N) is 2. The Balaban J connectivity index is 0.000000913. The van der Waals surface area contributed by atoms with Crippen molar-refractivity contribution in [1.82, 2.24) is 19.8 Å². The van der Waals surface area contributed by atoms with Gasteiger partial charge in [0.15, 0.2) is 0 Å². The number of piperazine rings is 1. The molecule has 2 aromatic rings. The third kappa shape index (κ3) is 6.88. The zero-order valence-electron chi connectivity index (χ0n) is 18.7. The molecule has 0 spiro atoms. The molecular formula is C23H35N7O2. The molecule has 2 saturated heterocycles. The largest absolute Gasteiger partial charge is 0.372 e. The maximum Gasteiger partial charge on any atom is 0.354 e. The van der Waals surface area contributed by atoms with E-state index in [9.17, 15) is 4.79 Å². The second kappa shape index (κ2) is 12.3. The average molecular weight is 442 g/mol. The van der Waals surface area contributed by atoms with Crippen molar-refractivity contribution in [3.05, 3.63) is 52.6 Å². The summed E-state index contributed by atoms with van der Waals surface area (Å²) < 4.78 is 1.62. The van der Waals surface area contributed by atoms with Crippen molar-refractivity contribution < 1.29 is 4.79 Å². The minimum Gasteiger partial charge on any atom is -0.372 e. The summed E-state index contributed by atoms with van der Waals surface area (Å²) in [4.78, 5) is 30.1. The van der Waals surface area contributed by atoms with Crippen LogP contribution >= 0.6 is 0 Å². The van der Waals surface area contributed by atoms with Crippen LogP contribution in [-0.2, 0) is 11.2 Å². The Kier molecular flexibility index (Phi) is 9.21. The predicted octanol–water partition coefficient (Wildman–Crippen LogP) is 0.0993. The van der Waals surface area contributed by atoms with Crippen LogP contribution in [0.5, 0.6) is 0 Å². The first-order valence-electron chi connectivity index (χ1n) is 11.4. The molecule has 1 unspecified atom stereocenters. The van der Waals surface area contributed by atoms with E-state index in [1.54, 1.807) is 4.57 Å². The number of aromatic nitrogens is 2. The summed E-state index contributed by atoms with van der Waals surface area (Å²) in [6.07, 6.45) is 6.53. The summed E-state index contributed by atoms with van der Waals surface area (Å²) in [5.74, 6) is 0.765. The average Bonchev–Trinajstić information content (AvgIpc) is 3.03. The van der Waals surface area contributed by atoms with E-state index < -0.39 is 0 Å². The number of anilines is 1. The van der Waals surface area contributed by atoms with Crippen LogP contribution in [0.1, 0.15) is 24.8 Å². The second-order valence-corrected chi connectivity index (χ2v) is 8.26. The molecule has 9 heteroatoms. The highest BCUT2D eigenvalue weighted by molar-refractivity contribution is 5.42. The van der Waals surface area contributed by atoms with E-state index >= 15 is 0 Å². The standard InChI is InChI=1S/C22H32N6O.CH3NO/c23-19-2-1-12-26(14-8-19)13-7-18-3-5-20(6-4-18)28-15-9-21(25-22(28)29)27-16-10-24-11-17-27;2-1-3/h3-6,9,15,19,24H,1-2,7-8,10-14,16-17,23H2;1H,(H2,2,3). The highest BCUT2D eigenvalue weighted by atomic mass is 16.1. The van der Waals surface area contributed by atoms with Gasteiger partial charge in [0, 0.05) is 45.0 Å². The van der Waals surface area contributed by atoms with Gasteiger partial charge in [0.05, 0.1) is 5.69 Å². The van der Waals surface area contributed by atoms with Gasteiger partial charge in [-0.2, -0.15) is 4.98 Å². The molecule has 5 N–H and O–H groups in total. The van der Waals surface area contributed by atoms with Gasteiger partial charge in [-0.1, -0.05) is 12.1 Å². The molecule has 2 fully saturated rings. The highest BCUT2D eigenvalue weighted by Crippen LogP contribution is 2.14. The zero-order valence-corrected chi connectivity index (χ0v) is 18.7. The summed E-state index contributed by atoms with van der Waals surface area (Å²) in [6.45, 7) is 6.92. The van der Waals surface area contributed by atoms with E-state index in [0.29, 0.717) is 6.04 Å². The summed E-state index contributed by atoms with van der Waals surface area (Å²) in [7, 11) is 0. The number of nitrogens with one attached hydrogen (secondary N) is 1. The number of amides is 1. The quantitative estimate of drug-likeness (QED) is 0.563. The Morgan fingerprint density at radius 2 is 1.78 bits per heavy atom. The van der Waals surface area contributed by atoms with Gasteiger partial charge < -0.3 is 26.6 Å². The lowest BCUT2D eigenvalue weighted by Gasteiger charge is -2.28. The molecule has 2 aliphatic rings. The lowest BCUT2D eigenvalue weighted by atomic mass is 10.1. The van der Waals surface area contributed by atoms with Crippen molar-refractivity contribution in [2.45, 2.75) is 31.7 Å². The second-order valence-electron chi connectivity index (χ2n) is 8.26. The van der Waals surface area contributed by atoms with Crippen LogP contribution in [0.3, 0.4) is 0 Å². The number of primary amides is 1. The Labute approximate surface area is 189 Å². The monoisotopic (exact) mass is 441 g/mol. The molecule has 4 rings (SSSR count). The lowest BCUT2D eigenvalue weighted by Crippen LogP contribution is -2.44. The fourth-order valence-electron chi connectivity index (χ4n) is 4.18. The molecule has 0 radical (unpaired) electrons. The maximum atomic E-state index is 12.6. The SMILES string of the molecule is NC1CCCN(CCc2ccc(-n3ccc(N4CCNCC4)nc3=O)cc2)CC1.NC=O. The smallest absolute Gasteiger partial charge is 0.354 e. The topological polar surface area (TPSA) is 123 Å². The lowest BCUT2D eigenvalue weighted by molar-refractivity contribution is -0.106. The third-order valence-corrected chi connectivity index (χ3v) is 6.03.